The van der Waals surface area contributed by atoms with Gasteiger partial charge in [-0.1, -0.05) is 38.7 Å². The first-order chi connectivity index (χ1) is 17.3. The molecule has 0 unspecified atom stereocenters. The van der Waals surface area contributed by atoms with Crippen LogP contribution in [0.25, 0.3) is 0 Å². The molecule has 3 rings (SSSR count). The third-order valence-corrected chi connectivity index (χ3v) is 8.24. The van der Waals surface area contributed by atoms with Crippen molar-refractivity contribution in [2.75, 3.05) is 25.6 Å². The Labute approximate surface area is 214 Å². The number of ether oxygens (including phenoxy) is 2. The molecule has 0 saturated heterocycles. The van der Waals surface area contributed by atoms with Crippen LogP contribution in [-0.2, 0) is 19.6 Å². The zero-order valence-electron chi connectivity index (χ0n) is 21.3. The van der Waals surface area contributed by atoms with Crippen LogP contribution in [0.2, 0.25) is 0 Å². The Hall–Kier alpha value is -2.91. The van der Waals surface area contributed by atoms with E-state index in [2.05, 4.69) is 5.32 Å². The number of hydrogen-bond donors (Lipinski definition) is 1. The quantitative estimate of drug-likeness (QED) is 0.336. The molecule has 0 aliphatic heterocycles. The Morgan fingerprint density at radius 1 is 1.06 bits per heavy atom. The molecule has 2 aromatic rings. The highest BCUT2D eigenvalue weighted by molar-refractivity contribution is 7.89. The van der Waals surface area contributed by atoms with Gasteiger partial charge in [0, 0.05) is 11.7 Å². The number of sulfonamides is 1. The molecule has 1 N–H and O–H groups in total. The number of nitrogens with one attached hydrogen (secondary N) is 1. The van der Waals surface area contributed by atoms with Gasteiger partial charge in [0.2, 0.25) is 15.9 Å². The highest BCUT2D eigenvalue weighted by Gasteiger charge is 2.35. The number of unbranched alkanes of at least 4 members (excludes halogenated alkanes) is 1. The Kier molecular flexibility index (Phi) is 9.89. The number of rotatable bonds is 11. The largest absolute Gasteiger partial charge is 0.495 e. The van der Waals surface area contributed by atoms with Gasteiger partial charge in [-0.3, -0.25) is 4.79 Å². The van der Waals surface area contributed by atoms with E-state index in [4.69, 9.17) is 9.47 Å². The first-order valence-electron chi connectivity index (χ1n) is 12.5. The van der Waals surface area contributed by atoms with Crippen LogP contribution in [0.1, 0.15) is 67.8 Å². The number of aryl methyl sites for hydroxylation is 1. The fourth-order valence-electron chi connectivity index (χ4n) is 4.32. The molecule has 0 spiro atoms. The van der Waals surface area contributed by atoms with Gasteiger partial charge in [0.1, 0.15) is 10.6 Å². The van der Waals surface area contributed by atoms with Gasteiger partial charge in [0.15, 0.2) is 0 Å². The van der Waals surface area contributed by atoms with Gasteiger partial charge in [-0.15, -0.1) is 0 Å². The predicted molar refractivity (Wildman–Crippen MR) is 139 cm³/mol. The first-order valence-corrected chi connectivity index (χ1v) is 13.9. The molecule has 1 aliphatic carbocycles. The fourth-order valence-corrected chi connectivity index (χ4v) is 6.20. The SMILES string of the molecule is CCCCOC(=O)c1ccc(NC(=O)CN(C2CCCCC2)S(=O)(=O)c2cc(C)ccc2OC)cc1. The second kappa shape index (κ2) is 12.9. The molecule has 9 heteroatoms. The van der Waals surface area contributed by atoms with E-state index in [-0.39, 0.29) is 23.2 Å². The molecular formula is C27H36N2O6S. The standard InChI is InChI=1S/C27H36N2O6S/c1-4-5-17-35-27(31)21-12-14-22(15-13-21)28-26(30)19-29(23-9-7-6-8-10-23)36(32,33)25-18-20(2)11-16-24(25)34-3/h11-16,18,23H,4-10,17,19H2,1-3H3,(H,28,30). The number of anilines is 1. The molecule has 1 fully saturated rings. The predicted octanol–water partition coefficient (Wildman–Crippen LogP) is 4.92. The second-order valence-electron chi connectivity index (χ2n) is 9.11. The first kappa shape index (κ1) is 27.7. The number of amides is 1. The van der Waals surface area contributed by atoms with Crippen molar-refractivity contribution in [3.63, 3.8) is 0 Å². The molecule has 1 saturated carbocycles. The van der Waals surface area contributed by atoms with E-state index in [1.807, 2.05) is 13.8 Å². The maximum Gasteiger partial charge on any atom is 0.338 e. The van der Waals surface area contributed by atoms with E-state index < -0.39 is 21.9 Å². The number of carbonyl (C=O) groups is 2. The van der Waals surface area contributed by atoms with Crippen molar-refractivity contribution in [2.24, 2.45) is 0 Å². The summed E-state index contributed by atoms with van der Waals surface area (Å²) >= 11 is 0. The van der Waals surface area contributed by atoms with Gasteiger partial charge in [-0.2, -0.15) is 4.31 Å². The van der Waals surface area contributed by atoms with Crippen molar-refractivity contribution >= 4 is 27.6 Å². The summed E-state index contributed by atoms with van der Waals surface area (Å²) in [5.74, 6) is -0.611. The minimum atomic E-state index is -4.00. The lowest BCUT2D eigenvalue weighted by Crippen LogP contribution is -2.45. The lowest BCUT2D eigenvalue weighted by molar-refractivity contribution is -0.116. The molecule has 1 amide bonds. The number of hydrogen-bond acceptors (Lipinski definition) is 6. The van der Waals surface area contributed by atoms with Crippen LogP contribution in [0.5, 0.6) is 5.75 Å². The maximum atomic E-state index is 13.8. The van der Waals surface area contributed by atoms with Crippen molar-refractivity contribution < 1.29 is 27.5 Å². The summed E-state index contributed by atoms with van der Waals surface area (Å²) in [5, 5.41) is 2.77. The molecule has 1 aliphatic rings. The molecule has 0 radical (unpaired) electrons. The van der Waals surface area contributed by atoms with Crippen LogP contribution >= 0.6 is 0 Å². The third-order valence-electron chi connectivity index (χ3n) is 6.32. The second-order valence-corrected chi connectivity index (χ2v) is 11.0. The topological polar surface area (TPSA) is 102 Å². The number of methoxy groups -OCH3 is 1. The van der Waals surface area contributed by atoms with Gasteiger partial charge in [0.05, 0.1) is 25.8 Å². The summed E-state index contributed by atoms with van der Waals surface area (Å²) in [6.45, 7) is 3.89. The van der Waals surface area contributed by atoms with E-state index in [0.29, 0.717) is 30.7 Å². The van der Waals surface area contributed by atoms with Crippen LogP contribution in [0.4, 0.5) is 5.69 Å². The molecular weight excluding hydrogens is 480 g/mol. The molecule has 36 heavy (non-hydrogen) atoms. The van der Waals surface area contributed by atoms with Crippen LogP contribution in [-0.4, -0.2) is 50.9 Å². The van der Waals surface area contributed by atoms with Crippen molar-refractivity contribution in [2.45, 2.75) is 69.7 Å². The Bertz CT molecular complexity index is 1140. The molecule has 0 aromatic heterocycles. The number of benzene rings is 2. The van der Waals surface area contributed by atoms with Gasteiger partial charge >= 0.3 is 5.97 Å². The molecule has 0 atom stereocenters. The normalized spacial score (nSPS) is 14.4. The third kappa shape index (κ3) is 7.07. The minimum Gasteiger partial charge on any atom is -0.495 e. The van der Waals surface area contributed by atoms with E-state index >= 15 is 0 Å². The molecule has 8 nitrogen and oxygen atoms in total. The van der Waals surface area contributed by atoms with Crippen LogP contribution in [0.15, 0.2) is 47.4 Å². The highest BCUT2D eigenvalue weighted by Crippen LogP contribution is 2.32. The van der Waals surface area contributed by atoms with Gasteiger partial charge < -0.3 is 14.8 Å². The lowest BCUT2D eigenvalue weighted by atomic mass is 9.95. The molecule has 0 bridgehead atoms. The van der Waals surface area contributed by atoms with E-state index in [9.17, 15) is 18.0 Å². The fraction of sp³-hybridized carbons (Fsp3) is 0.481. The van der Waals surface area contributed by atoms with Crippen LogP contribution in [0, 0.1) is 6.92 Å². The summed E-state index contributed by atoms with van der Waals surface area (Å²) in [5.41, 5.74) is 1.65. The Balaban J connectivity index is 1.77. The smallest absolute Gasteiger partial charge is 0.338 e. The zero-order chi connectivity index (χ0) is 26.1. The van der Waals surface area contributed by atoms with E-state index in [1.54, 1.807) is 42.5 Å². The number of esters is 1. The summed E-state index contributed by atoms with van der Waals surface area (Å²) in [4.78, 5) is 25.2. The monoisotopic (exact) mass is 516 g/mol. The van der Waals surface area contributed by atoms with Crippen molar-refractivity contribution in [3.8, 4) is 5.75 Å². The summed E-state index contributed by atoms with van der Waals surface area (Å²) < 4.78 is 39.5. The van der Waals surface area contributed by atoms with Gasteiger partial charge in [0.25, 0.3) is 0 Å². The minimum absolute atomic E-state index is 0.0642. The summed E-state index contributed by atoms with van der Waals surface area (Å²) in [7, 11) is -2.56. The molecule has 0 heterocycles. The average Bonchev–Trinajstić information content (AvgIpc) is 2.88. The number of carbonyl (C=O) groups excluding carboxylic acids is 2. The average molecular weight is 517 g/mol. The van der Waals surface area contributed by atoms with Gasteiger partial charge in [-0.05, 0) is 68.1 Å². The van der Waals surface area contributed by atoms with Crippen LogP contribution in [0.3, 0.4) is 0 Å². The zero-order valence-corrected chi connectivity index (χ0v) is 22.1. The Morgan fingerprint density at radius 2 is 1.75 bits per heavy atom. The van der Waals surface area contributed by atoms with Crippen LogP contribution < -0.4 is 10.1 Å². The van der Waals surface area contributed by atoms with E-state index in [1.165, 1.54) is 11.4 Å². The van der Waals surface area contributed by atoms with E-state index in [0.717, 1.165) is 37.7 Å². The highest BCUT2D eigenvalue weighted by atomic mass is 32.2. The van der Waals surface area contributed by atoms with Crippen molar-refractivity contribution in [3.05, 3.63) is 53.6 Å². The van der Waals surface area contributed by atoms with Crippen molar-refractivity contribution in [1.82, 2.24) is 4.31 Å². The van der Waals surface area contributed by atoms with Gasteiger partial charge in [-0.25, -0.2) is 13.2 Å². The maximum absolute atomic E-state index is 13.8. The lowest BCUT2D eigenvalue weighted by Gasteiger charge is -2.33. The Morgan fingerprint density at radius 3 is 2.39 bits per heavy atom. The molecule has 2 aromatic carbocycles. The number of nitrogens with zero attached hydrogens (tertiary/aromatic N) is 1. The summed E-state index contributed by atoms with van der Waals surface area (Å²) in [6.07, 6.45) is 6.03. The summed E-state index contributed by atoms with van der Waals surface area (Å²) in [6, 6.07) is 11.1. The molecule has 196 valence electrons. The van der Waals surface area contributed by atoms with Crippen molar-refractivity contribution in [1.29, 1.82) is 0 Å².